The molecule has 2 heterocycles. The van der Waals surface area contributed by atoms with Gasteiger partial charge < -0.3 is 11.5 Å². The minimum atomic E-state index is 0.221. The third-order valence-electron chi connectivity index (χ3n) is 3.13. The summed E-state index contributed by atoms with van der Waals surface area (Å²) in [6, 6.07) is 4.03. The van der Waals surface area contributed by atoms with Crippen LogP contribution in [0.4, 0.5) is 11.8 Å². The molecular weight excluding hydrogens is 214 g/mol. The van der Waals surface area contributed by atoms with Crippen LogP contribution in [-0.2, 0) is 0 Å². The maximum atomic E-state index is 5.83. The number of nitrogen functional groups attached to an aromatic ring is 2. The molecule has 0 aliphatic carbocycles. The van der Waals surface area contributed by atoms with Crippen LogP contribution in [0.2, 0.25) is 0 Å². The predicted molar refractivity (Wildman–Crippen MR) is 69.8 cm³/mol. The molecule has 4 N–H and O–H groups in total. The largest absolute Gasteiger partial charge is 0.382 e. The van der Waals surface area contributed by atoms with E-state index in [9.17, 15) is 0 Å². The van der Waals surface area contributed by atoms with Gasteiger partial charge in [0.2, 0.25) is 5.95 Å². The molecule has 0 fully saturated rings. The molecule has 0 aliphatic rings. The summed E-state index contributed by atoms with van der Waals surface area (Å²) >= 11 is 0. The molecule has 0 aromatic carbocycles. The Balaban J connectivity index is 2.54. The van der Waals surface area contributed by atoms with E-state index in [4.69, 9.17) is 11.5 Å². The van der Waals surface area contributed by atoms with E-state index < -0.39 is 0 Å². The number of nitrogens with two attached hydrogens (primary N) is 2. The molecule has 2 rings (SSSR count). The summed E-state index contributed by atoms with van der Waals surface area (Å²) < 4.78 is 1.83. The quantitative estimate of drug-likeness (QED) is 0.848. The molecule has 0 aliphatic heterocycles. The second-order valence-corrected chi connectivity index (χ2v) is 4.30. The number of fused-ring (bicyclic) bond motifs is 1. The van der Waals surface area contributed by atoms with Gasteiger partial charge >= 0.3 is 0 Å². The van der Waals surface area contributed by atoms with Crippen molar-refractivity contribution in [1.82, 2.24) is 14.6 Å². The molecule has 2 aromatic heterocycles. The Morgan fingerprint density at radius 3 is 2.71 bits per heavy atom. The minimum absolute atomic E-state index is 0.221. The molecule has 17 heavy (non-hydrogen) atoms. The first-order valence-electron chi connectivity index (χ1n) is 6.08. The number of aromatic nitrogens is 3. The highest BCUT2D eigenvalue weighted by molar-refractivity contribution is 5.66. The van der Waals surface area contributed by atoms with Crippen LogP contribution in [-0.4, -0.2) is 14.6 Å². The minimum Gasteiger partial charge on any atom is -0.382 e. The van der Waals surface area contributed by atoms with Crippen LogP contribution in [0.1, 0.15) is 44.7 Å². The average molecular weight is 233 g/mol. The summed E-state index contributed by atoms with van der Waals surface area (Å²) in [5, 5.41) is 4.25. The summed E-state index contributed by atoms with van der Waals surface area (Å²) in [6.07, 6.45) is 3.39. The van der Waals surface area contributed by atoms with E-state index in [2.05, 4.69) is 30.0 Å². The zero-order chi connectivity index (χ0) is 12.4. The van der Waals surface area contributed by atoms with Crippen molar-refractivity contribution in [3.8, 4) is 0 Å². The van der Waals surface area contributed by atoms with Crippen molar-refractivity contribution in [1.29, 1.82) is 0 Å². The molecule has 92 valence electrons. The smallest absolute Gasteiger partial charge is 0.240 e. The summed E-state index contributed by atoms with van der Waals surface area (Å²) in [4.78, 5) is 3.97. The zero-order valence-electron chi connectivity index (χ0n) is 10.3. The maximum Gasteiger partial charge on any atom is 0.240 e. The van der Waals surface area contributed by atoms with Crippen molar-refractivity contribution in [2.75, 3.05) is 11.5 Å². The molecular formula is C12H19N5. The van der Waals surface area contributed by atoms with E-state index in [1.807, 2.05) is 10.6 Å². The molecule has 0 saturated heterocycles. The summed E-state index contributed by atoms with van der Waals surface area (Å²) in [5.74, 6) is 1.16. The van der Waals surface area contributed by atoms with Crippen molar-refractivity contribution in [3.05, 3.63) is 17.8 Å². The molecule has 0 bridgehead atoms. The lowest BCUT2D eigenvalue weighted by Gasteiger charge is -2.13. The van der Waals surface area contributed by atoms with Crippen molar-refractivity contribution < 1.29 is 0 Å². The summed E-state index contributed by atoms with van der Waals surface area (Å²) in [7, 11) is 0. The molecule has 5 nitrogen and oxygen atoms in total. The number of rotatable bonds is 4. The zero-order valence-corrected chi connectivity index (χ0v) is 10.3. The van der Waals surface area contributed by atoms with Crippen molar-refractivity contribution in [3.63, 3.8) is 0 Å². The number of hydrogen-bond donors (Lipinski definition) is 2. The van der Waals surface area contributed by atoms with E-state index in [-0.39, 0.29) is 5.95 Å². The third kappa shape index (κ3) is 2.05. The second-order valence-electron chi connectivity index (χ2n) is 4.30. The van der Waals surface area contributed by atoms with Crippen molar-refractivity contribution >= 4 is 17.3 Å². The van der Waals surface area contributed by atoms with Gasteiger partial charge in [-0.3, -0.25) is 0 Å². The van der Waals surface area contributed by atoms with E-state index in [1.54, 1.807) is 0 Å². The van der Waals surface area contributed by atoms with E-state index >= 15 is 0 Å². The average Bonchev–Trinajstić information content (AvgIpc) is 2.69. The van der Waals surface area contributed by atoms with Crippen LogP contribution in [0, 0.1) is 0 Å². The Kier molecular flexibility index (Phi) is 3.17. The highest BCUT2D eigenvalue weighted by Crippen LogP contribution is 2.27. The Hall–Kier alpha value is -1.78. The van der Waals surface area contributed by atoms with Gasteiger partial charge in [-0.05, 0) is 25.0 Å². The molecule has 0 spiro atoms. The first-order valence-corrected chi connectivity index (χ1v) is 6.08. The van der Waals surface area contributed by atoms with Crippen LogP contribution in [0.5, 0.6) is 0 Å². The van der Waals surface area contributed by atoms with Gasteiger partial charge in [-0.15, -0.1) is 5.10 Å². The van der Waals surface area contributed by atoms with Gasteiger partial charge in [-0.25, -0.2) is 4.52 Å². The molecule has 5 heteroatoms. The van der Waals surface area contributed by atoms with Crippen LogP contribution < -0.4 is 11.5 Å². The van der Waals surface area contributed by atoms with Crippen LogP contribution in [0.3, 0.4) is 0 Å². The Labute approximate surface area is 101 Å². The Bertz CT molecular complexity index is 517. The monoisotopic (exact) mass is 233 g/mol. The first kappa shape index (κ1) is 11.7. The van der Waals surface area contributed by atoms with Crippen LogP contribution in [0.15, 0.2) is 12.1 Å². The van der Waals surface area contributed by atoms with Gasteiger partial charge in [0.05, 0.1) is 0 Å². The highest BCUT2D eigenvalue weighted by Gasteiger charge is 2.15. The molecule has 1 unspecified atom stereocenters. The van der Waals surface area contributed by atoms with E-state index in [0.717, 1.165) is 24.8 Å². The fraction of sp³-hybridized carbons (Fsp3) is 0.500. The van der Waals surface area contributed by atoms with Gasteiger partial charge in [-0.1, -0.05) is 20.3 Å². The molecule has 2 aromatic rings. The number of nitrogens with zero attached hydrogens (tertiary/aromatic N) is 3. The highest BCUT2D eigenvalue weighted by atomic mass is 15.3. The van der Waals surface area contributed by atoms with Crippen molar-refractivity contribution in [2.45, 2.75) is 39.0 Å². The Morgan fingerprint density at radius 1 is 1.29 bits per heavy atom. The predicted octanol–water partition coefficient (Wildman–Crippen LogP) is 2.19. The van der Waals surface area contributed by atoms with Gasteiger partial charge in [0.25, 0.3) is 0 Å². The van der Waals surface area contributed by atoms with Gasteiger partial charge in [0, 0.05) is 11.6 Å². The maximum absolute atomic E-state index is 5.83. The number of hydrogen-bond acceptors (Lipinski definition) is 4. The molecule has 0 radical (unpaired) electrons. The van der Waals surface area contributed by atoms with Crippen LogP contribution in [0.25, 0.3) is 5.52 Å². The lowest BCUT2D eigenvalue weighted by Crippen LogP contribution is -2.09. The molecule has 0 saturated carbocycles. The van der Waals surface area contributed by atoms with Crippen LogP contribution >= 0.6 is 0 Å². The van der Waals surface area contributed by atoms with Gasteiger partial charge in [0.15, 0.2) is 5.82 Å². The topological polar surface area (TPSA) is 82.2 Å². The SMILES string of the molecule is CCCC(CC)c1ccc2c(N)nc(N)nn12. The molecule has 1 atom stereocenters. The van der Waals surface area contributed by atoms with Gasteiger partial charge in [-0.2, -0.15) is 4.98 Å². The fourth-order valence-corrected chi connectivity index (χ4v) is 2.27. The third-order valence-corrected chi connectivity index (χ3v) is 3.13. The fourth-order valence-electron chi connectivity index (χ4n) is 2.27. The number of anilines is 2. The normalized spacial score (nSPS) is 13.1. The second kappa shape index (κ2) is 4.61. The standard InChI is InChI=1S/C12H19N5/c1-3-5-8(4-2)9-6-7-10-11(13)15-12(14)16-17(9)10/h6-8H,3-5H2,1-2H3,(H4,13,14,15,16). The summed E-state index contributed by atoms with van der Waals surface area (Å²) in [5.41, 5.74) is 13.5. The lowest BCUT2D eigenvalue weighted by molar-refractivity contribution is 0.568. The Morgan fingerprint density at radius 2 is 2.06 bits per heavy atom. The summed E-state index contributed by atoms with van der Waals surface area (Å²) in [6.45, 7) is 4.38. The lowest BCUT2D eigenvalue weighted by atomic mass is 9.97. The molecule has 0 amide bonds. The van der Waals surface area contributed by atoms with Crippen molar-refractivity contribution in [2.24, 2.45) is 0 Å². The van der Waals surface area contributed by atoms with E-state index in [0.29, 0.717) is 11.7 Å². The van der Waals surface area contributed by atoms with Gasteiger partial charge in [0.1, 0.15) is 5.52 Å². The van der Waals surface area contributed by atoms with E-state index in [1.165, 1.54) is 5.69 Å². The first-order chi connectivity index (χ1) is 8.17.